The molecule has 0 saturated heterocycles. The molecular formula is C21H22N4O2S. The van der Waals surface area contributed by atoms with Gasteiger partial charge in [0.15, 0.2) is 0 Å². The van der Waals surface area contributed by atoms with Gasteiger partial charge in [-0.2, -0.15) is 0 Å². The summed E-state index contributed by atoms with van der Waals surface area (Å²) in [5, 5.41) is 2.97. The maximum atomic E-state index is 13.2. The Kier molecular flexibility index (Phi) is 5.56. The highest BCUT2D eigenvalue weighted by Gasteiger charge is 2.33. The van der Waals surface area contributed by atoms with E-state index in [1.807, 2.05) is 32.9 Å². The number of anilines is 1. The summed E-state index contributed by atoms with van der Waals surface area (Å²) in [6.45, 7) is 9.31. The van der Waals surface area contributed by atoms with Gasteiger partial charge in [0.05, 0.1) is 15.7 Å². The van der Waals surface area contributed by atoms with Gasteiger partial charge in [-0.05, 0) is 51.1 Å². The molecule has 0 spiro atoms. The lowest BCUT2D eigenvalue weighted by molar-refractivity contribution is -0.126. The summed E-state index contributed by atoms with van der Waals surface area (Å²) in [6.07, 6.45) is 4.44. The molecule has 28 heavy (non-hydrogen) atoms. The van der Waals surface area contributed by atoms with E-state index in [4.69, 9.17) is 0 Å². The first-order chi connectivity index (χ1) is 13.3. The summed E-state index contributed by atoms with van der Waals surface area (Å²) in [4.78, 5) is 36.0. The van der Waals surface area contributed by atoms with Crippen LogP contribution in [-0.2, 0) is 9.59 Å². The molecule has 0 aliphatic carbocycles. The van der Waals surface area contributed by atoms with Crippen molar-refractivity contribution in [2.24, 2.45) is 0 Å². The quantitative estimate of drug-likeness (QED) is 0.667. The van der Waals surface area contributed by atoms with E-state index in [1.165, 1.54) is 22.3 Å². The number of fused-ring (bicyclic) bond motifs is 1. The van der Waals surface area contributed by atoms with Gasteiger partial charge < -0.3 is 5.32 Å². The van der Waals surface area contributed by atoms with Crippen LogP contribution in [0.2, 0.25) is 0 Å². The van der Waals surface area contributed by atoms with Gasteiger partial charge in [-0.15, -0.1) is 11.3 Å². The van der Waals surface area contributed by atoms with Crippen LogP contribution in [0.3, 0.4) is 0 Å². The third kappa shape index (κ3) is 4.26. The monoisotopic (exact) mass is 394 g/mol. The van der Waals surface area contributed by atoms with E-state index in [0.29, 0.717) is 11.3 Å². The molecule has 1 N–H and O–H groups in total. The fourth-order valence-electron chi connectivity index (χ4n) is 2.89. The highest BCUT2D eigenvalue weighted by molar-refractivity contribution is 7.16. The van der Waals surface area contributed by atoms with Crippen molar-refractivity contribution < 1.29 is 9.59 Å². The van der Waals surface area contributed by atoms with Crippen LogP contribution in [0.25, 0.3) is 10.2 Å². The maximum Gasteiger partial charge on any atom is 0.251 e. The number of nitrogens with one attached hydrogen (secondary N) is 1. The molecule has 0 bridgehead atoms. The molecule has 6 nitrogen and oxygen atoms in total. The van der Waals surface area contributed by atoms with Crippen molar-refractivity contribution in [3.05, 3.63) is 66.5 Å². The number of hydrogen-bond acceptors (Lipinski definition) is 5. The van der Waals surface area contributed by atoms with E-state index in [2.05, 4.69) is 21.9 Å². The molecule has 2 aromatic heterocycles. The number of carbonyl (C=O) groups is 2. The average Bonchev–Trinajstić information content (AvgIpc) is 3.12. The van der Waals surface area contributed by atoms with Crippen molar-refractivity contribution in [2.45, 2.75) is 32.4 Å². The summed E-state index contributed by atoms with van der Waals surface area (Å²) in [7, 11) is 0. The lowest BCUT2D eigenvalue weighted by Crippen LogP contribution is -2.49. The smallest absolute Gasteiger partial charge is 0.251 e. The number of benzene rings is 1. The molecule has 144 valence electrons. The topological polar surface area (TPSA) is 75.2 Å². The fourth-order valence-corrected chi connectivity index (χ4v) is 3.60. The Morgan fingerprint density at radius 2 is 2.07 bits per heavy atom. The van der Waals surface area contributed by atoms with Crippen molar-refractivity contribution in [1.82, 2.24) is 15.3 Å². The van der Waals surface area contributed by atoms with E-state index in [0.717, 1.165) is 10.2 Å². The first-order valence-corrected chi connectivity index (χ1v) is 9.69. The van der Waals surface area contributed by atoms with Crippen molar-refractivity contribution in [3.8, 4) is 0 Å². The van der Waals surface area contributed by atoms with Crippen LogP contribution in [0, 0.1) is 0 Å². The lowest BCUT2D eigenvalue weighted by atomic mass is 10.0. The lowest BCUT2D eigenvalue weighted by Gasteiger charge is -2.33. The van der Waals surface area contributed by atoms with Crippen LogP contribution in [0.5, 0.6) is 0 Å². The predicted octanol–water partition coefficient (Wildman–Crippen LogP) is 3.87. The van der Waals surface area contributed by atoms with Crippen LogP contribution in [0.1, 0.15) is 32.4 Å². The third-order valence-corrected chi connectivity index (χ3v) is 4.80. The summed E-state index contributed by atoms with van der Waals surface area (Å²) in [6, 6.07) is 8.14. The van der Waals surface area contributed by atoms with Crippen LogP contribution < -0.4 is 10.2 Å². The molecule has 0 aliphatic rings. The van der Waals surface area contributed by atoms with E-state index in [9.17, 15) is 9.59 Å². The second-order valence-corrected chi connectivity index (χ2v) is 8.23. The maximum absolute atomic E-state index is 13.2. The average molecular weight is 395 g/mol. The first-order valence-electron chi connectivity index (χ1n) is 8.81. The molecule has 0 radical (unpaired) electrons. The summed E-state index contributed by atoms with van der Waals surface area (Å²) < 4.78 is 0.931. The summed E-state index contributed by atoms with van der Waals surface area (Å²) in [5.74, 6) is -0.665. The van der Waals surface area contributed by atoms with Crippen LogP contribution in [0.15, 0.2) is 60.9 Å². The molecule has 0 aliphatic heterocycles. The van der Waals surface area contributed by atoms with Crippen LogP contribution in [0.4, 0.5) is 5.69 Å². The Hall–Kier alpha value is -3.06. The minimum Gasteiger partial charge on any atom is -0.349 e. The SMILES string of the molecule is C=CC(=O)N(c1ccc2ncsc2c1)C(C(=O)NC(C)(C)C)c1cccnc1. The molecule has 0 saturated carbocycles. The Morgan fingerprint density at radius 3 is 2.71 bits per heavy atom. The standard InChI is InChI=1S/C21H22N4O2S/c1-5-18(26)25(15-8-9-16-17(11-15)28-13-23-16)19(14-7-6-10-22-12-14)20(27)24-21(2,3)4/h5-13,19H,1H2,2-4H3,(H,24,27). The Balaban J connectivity index is 2.14. The normalized spacial score (nSPS) is 12.4. The second kappa shape index (κ2) is 7.90. The number of rotatable bonds is 5. The van der Waals surface area contributed by atoms with Gasteiger partial charge >= 0.3 is 0 Å². The molecule has 3 aromatic rings. The number of nitrogens with zero attached hydrogens (tertiary/aromatic N) is 3. The summed E-state index contributed by atoms with van der Waals surface area (Å²) in [5.41, 5.74) is 3.35. The van der Waals surface area contributed by atoms with Gasteiger partial charge in [0, 0.05) is 29.2 Å². The second-order valence-electron chi connectivity index (χ2n) is 7.34. The highest BCUT2D eigenvalue weighted by atomic mass is 32.1. The van der Waals surface area contributed by atoms with Crippen molar-refractivity contribution in [2.75, 3.05) is 4.90 Å². The zero-order valence-electron chi connectivity index (χ0n) is 16.0. The molecule has 7 heteroatoms. The molecule has 2 amide bonds. The van der Waals surface area contributed by atoms with Gasteiger partial charge in [0.25, 0.3) is 5.91 Å². The van der Waals surface area contributed by atoms with E-state index < -0.39 is 11.6 Å². The first kappa shape index (κ1) is 19.7. The molecular weight excluding hydrogens is 372 g/mol. The molecule has 1 aromatic carbocycles. The minimum absolute atomic E-state index is 0.292. The minimum atomic E-state index is -0.885. The Morgan fingerprint density at radius 1 is 1.29 bits per heavy atom. The molecule has 1 atom stereocenters. The molecule has 2 heterocycles. The van der Waals surface area contributed by atoms with E-state index in [1.54, 1.807) is 36.1 Å². The molecule has 0 fully saturated rings. The van der Waals surface area contributed by atoms with E-state index in [-0.39, 0.29) is 11.8 Å². The molecule has 1 unspecified atom stereocenters. The Bertz CT molecular complexity index is 1010. The number of aromatic nitrogens is 2. The van der Waals surface area contributed by atoms with Crippen molar-refractivity contribution in [3.63, 3.8) is 0 Å². The largest absolute Gasteiger partial charge is 0.349 e. The van der Waals surface area contributed by atoms with E-state index >= 15 is 0 Å². The highest BCUT2D eigenvalue weighted by Crippen LogP contribution is 2.31. The third-order valence-electron chi connectivity index (χ3n) is 4.01. The zero-order chi connectivity index (χ0) is 20.3. The van der Waals surface area contributed by atoms with Crippen molar-refractivity contribution in [1.29, 1.82) is 0 Å². The van der Waals surface area contributed by atoms with Gasteiger partial charge in [0.2, 0.25) is 5.91 Å². The predicted molar refractivity (Wildman–Crippen MR) is 112 cm³/mol. The Labute approximate surface area is 167 Å². The van der Waals surface area contributed by atoms with Gasteiger partial charge in [-0.1, -0.05) is 12.6 Å². The molecule has 3 rings (SSSR count). The fraction of sp³-hybridized carbons (Fsp3) is 0.238. The number of thiazole rings is 1. The number of hydrogen-bond donors (Lipinski definition) is 1. The number of amides is 2. The van der Waals surface area contributed by atoms with Gasteiger partial charge in [-0.25, -0.2) is 4.98 Å². The van der Waals surface area contributed by atoms with Crippen LogP contribution >= 0.6 is 11.3 Å². The van der Waals surface area contributed by atoms with Crippen LogP contribution in [-0.4, -0.2) is 27.3 Å². The van der Waals surface area contributed by atoms with Gasteiger partial charge in [-0.3, -0.25) is 19.5 Å². The van der Waals surface area contributed by atoms with Crippen molar-refractivity contribution >= 4 is 39.1 Å². The van der Waals surface area contributed by atoms with Gasteiger partial charge in [0.1, 0.15) is 6.04 Å². The number of carbonyl (C=O) groups excluding carboxylic acids is 2. The zero-order valence-corrected chi connectivity index (χ0v) is 16.9. The number of pyridine rings is 1. The summed E-state index contributed by atoms with van der Waals surface area (Å²) >= 11 is 1.48.